The van der Waals surface area contributed by atoms with E-state index in [-0.39, 0.29) is 36.8 Å². The number of hydrogen-bond donors (Lipinski definition) is 2. The monoisotopic (exact) mass is 387 g/mol. The molecule has 0 bridgehead atoms. The fraction of sp³-hybridized carbons (Fsp3) is 0.438. The van der Waals surface area contributed by atoms with Crippen LogP contribution in [0.25, 0.3) is 5.82 Å². The van der Waals surface area contributed by atoms with Crippen LogP contribution in [0.4, 0.5) is 0 Å². The zero-order valence-corrected chi connectivity index (χ0v) is 15.6. The Morgan fingerprint density at radius 1 is 1.40 bits per heavy atom. The Morgan fingerprint density at radius 3 is 2.92 bits per heavy atom. The Morgan fingerprint density at radius 2 is 2.24 bits per heavy atom. The maximum Gasteiger partial charge on any atom is 0.221 e. The van der Waals surface area contributed by atoms with E-state index in [0.29, 0.717) is 26.2 Å². The van der Waals surface area contributed by atoms with Gasteiger partial charge in [0.2, 0.25) is 5.91 Å². The van der Waals surface area contributed by atoms with E-state index in [4.69, 9.17) is 4.74 Å². The van der Waals surface area contributed by atoms with E-state index in [9.17, 15) is 4.79 Å². The molecule has 3 rings (SSSR count). The summed E-state index contributed by atoms with van der Waals surface area (Å²) in [5.41, 5.74) is 0.954. The van der Waals surface area contributed by atoms with Gasteiger partial charge in [-0.15, -0.1) is 24.8 Å². The maximum atomic E-state index is 12.1. The SMILES string of the molecule is Cc1nccn1-c1ncccc1CNC(=O)CC1COCCN1.Cl.Cl. The van der Waals surface area contributed by atoms with E-state index >= 15 is 0 Å². The molecule has 2 aromatic heterocycles. The maximum absolute atomic E-state index is 12.1. The van der Waals surface area contributed by atoms with Gasteiger partial charge in [-0.25, -0.2) is 9.97 Å². The third-order valence-electron chi connectivity index (χ3n) is 3.83. The summed E-state index contributed by atoms with van der Waals surface area (Å²) in [6.45, 7) is 4.45. The summed E-state index contributed by atoms with van der Waals surface area (Å²) in [5.74, 6) is 1.66. The molecular weight excluding hydrogens is 365 g/mol. The van der Waals surface area contributed by atoms with Crippen LogP contribution in [0.2, 0.25) is 0 Å². The lowest BCUT2D eigenvalue weighted by Crippen LogP contribution is -2.44. The van der Waals surface area contributed by atoms with E-state index in [1.807, 2.05) is 29.8 Å². The minimum absolute atomic E-state index is 0. The van der Waals surface area contributed by atoms with Gasteiger partial charge in [0.05, 0.1) is 13.2 Å². The number of nitrogens with one attached hydrogen (secondary N) is 2. The molecule has 0 aromatic carbocycles. The van der Waals surface area contributed by atoms with Crippen molar-refractivity contribution in [2.75, 3.05) is 19.8 Å². The Bertz CT molecular complexity index is 674. The summed E-state index contributed by atoms with van der Waals surface area (Å²) in [6.07, 6.45) is 5.76. The number of rotatable bonds is 5. The number of hydrogen-bond acceptors (Lipinski definition) is 5. The second kappa shape index (κ2) is 10.4. The van der Waals surface area contributed by atoms with Gasteiger partial charge in [0, 0.05) is 49.7 Å². The van der Waals surface area contributed by atoms with Crippen molar-refractivity contribution in [1.82, 2.24) is 25.2 Å². The third-order valence-corrected chi connectivity index (χ3v) is 3.83. The average Bonchev–Trinajstić information content (AvgIpc) is 3.00. The summed E-state index contributed by atoms with van der Waals surface area (Å²) < 4.78 is 7.28. The number of nitrogens with zero attached hydrogens (tertiary/aromatic N) is 3. The molecule has 0 radical (unpaired) electrons. The minimum atomic E-state index is 0. The number of amides is 1. The average molecular weight is 388 g/mol. The number of pyridine rings is 1. The first-order chi connectivity index (χ1) is 11.2. The number of aryl methyl sites for hydroxylation is 1. The fourth-order valence-electron chi connectivity index (χ4n) is 2.63. The molecule has 0 saturated carbocycles. The summed E-state index contributed by atoms with van der Waals surface area (Å²) in [6, 6.07) is 3.92. The molecular formula is C16H23Cl2N5O2. The fourth-order valence-corrected chi connectivity index (χ4v) is 2.63. The van der Waals surface area contributed by atoms with Gasteiger partial charge in [-0.2, -0.15) is 0 Å². The van der Waals surface area contributed by atoms with E-state index in [2.05, 4.69) is 20.6 Å². The molecule has 138 valence electrons. The highest BCUT2D eigenvalue weighted by Gasteiger charge is 2.17. The number of carbonyl (C=O) groups excluding carboxylic acids is 1. The predicted molar refractivity (Wildman–Crippen MR) is 99.7 cm³/mol. The zero-order chi connectivity index (χ0) is 16.1. The minimum Gasteiger partial charge on any atom is -0.378 e. The number of aromatic nitrogens is 3. The molecule has 7 nitrogen and oxygen atoms in total. The van der Waals surface area contributed by atoms with Crippen molar-refractivity contribution in [3.05, 3.63) is 42.1 Å². The number of imidazole rings is 1. The summed E-state index contributed by atoms with van der Waals surface area (Å²) >= 11 is 0. The number of ether oxygens (including phenoxy) is 1. The van der Waals surface area contributed by atoms with E-state index in [1.165, 1.54) is 0 Å². The van der Waals surface area contributed by atoms with E-state index in [0.717, 1.165) is 23.8 Å². The van der Waals surface area contributed by atoms with Crippen molar-refractivity contribution < 1.29 is 9.53 Å². The van der Waals surface area contributed by atoms with E-state index < -0.39 is 0 Å². The predicted octanol–water partition coefficient (Wildman–Crippen LogP) is 1.41. The highest BCUT2D eigenvalue weighted by molar-refractivity contribution is 5.85. The highest BCUT2D eigenvalue weighted by atomic mass is 35.5. The largest absolute Gasteiger partial charge is 0.378 e. The van der Waals surface area contributed by atoms with Crippen molar-refractivity contribution in [1.29, 1.82) is 0 Å². The smallest absolute Gasteiger partial charge is 0.221 e. The lowest BCUT2D eigenvalue weighted by molar-refractivity contribution is -0.122. The van der Waals surface area contributed by atoms with Gasteiger partial charge in [-0.05, 0) is 13.0 Å². The van der Waals surface area contributed by atoms with Gasteiger partial charge in [-0.1, -0.05) is 6.07 Å². The van der Waals surface area contributed by atoms with Gasteiger partial charge >= 0.3 is 0 Å². The molecule has 1 atom stereocenters. The van der Waals surface area contributed by atoms with Crippen LogP contribution in [0, 0.1) is 6.92 Å². The van der Waals surface area contributed by atoms with Gasteiger partial charge in [0.15, 0.2) is 0 Å². The second-order valence-corrected chi connectivity index (χ2v) is 5.54. The van der Waals surface area contributed by atoms with Crippen molar-refractivity contribution in [2.24, 2.45) is 0 Å². The Balaban J connectivity index is 0.00000156. The molecule has 0 aliphatic carbocycles. The van der Waals surface area contributed by atoms with Crippen LogP contribution >= 0.6 is 24.8 Å². The zero-order valence-electron chi connectivity index (χ0n) is 14.0. The molecule has 1 saturated heterocycles. The number of halogens is 2. The van der Waals surface area contributed by atoms with Crippen LogP contribution in [0.3, 0.4) is 0 Å². The molecule has 1 amide bonds. The van der Waals surface area contributed by atoms with Crippen molar-refractivity contribution in [2.45, 2.75) is 25.9 Å². The van der Waals surface area contributed by atoms with Gasteiger partial charge in [0.25, 0.3) is 0 Å². The van der Waals surface area contributed by atoms with Gasteiger partial charge < -0.3 is 15.4 Å². The molecule has 0 spiro atoms. The standard InChI is InChI=1S/C16H21N5O2.2ClH/c1-12-17-5-7-21(12)16-13(3-2-4-19-16)10-20-15(22)9-14-11-23-8-6-18-14;;/h2-5,7,14,18H,6,8-11H2,1H3,(H,20,22);2*1H. The Kier molecular flexibility index (Phi) is 8.85. The first kappa shape index (κ1) is 21.4. The Labute approximate surface area is 159 Å². The van der Waals surface area contributed by atoms with Crippen LogP contribution in [-0.2, 0) is 16.1 Å². The first-order valence-corrected chi connectivity index (χ1v) is 7.76. The lowest BCUT2D eigenvalue weighted by Gasteiger charge is -2.23. The van der Waals surface area contributed by atoms with Crippen molar-refractivity contribution in [3.8, 4) is 5.82 Å². The number of carbonyl (C=O) groups is 1. The molecule has 3 heterocycles. The van der Waals surface area contributed by atoms with Crippen molar-refractivity contribution in [3.63, 3.8) is 0 Å². The van der Waals surface area contributed by atoms with Gasteiger partial charge in [-0.3, -0.25) is 9.36 Å². The molecule has 1 aliphatic rings. The lowest BCUT2D eigenvalue weighted by atomic mass is 10.2. The molecule has 9 heteroatoms. The van der Waals surface area contributed by atoms with Crippen LogP contribution in [0.5, 0.6) is 0 Å². The van der Waals surface area contributed by atoms with Crippen LogP contribution < -0.4 is 10.6 Å². The summed E-state index contributed by atoms with van der Waals surface area (Å²) in [5, 5.41) is 6.24. The third kappa shape index (κ3) is 5.67. The highest BCUT2D eigenvalue weighted by Crippen LogP contribution is 2.13. The molecule has 2 aromatic rings. The molecule has 1 aliphatic heterocycles. The van der Waals surface area contributed by atoms with Crippen LogP contribution in [-0.4, -0.2) is 46.2 Å². The van der Waals surface area contributed by atoms with E-state index in [1.54, 1.807) is 12.4 Å². The van der Waals surface area contributed by atoms with Crippen LogP contribution in [0.15, 0.2) is 30.7 Å². The quantitative estimate of drug-likeness (QED) is 0.810. The summed E-state index contributed by atoms with van der Waals surface area (Å²) in [7, 11) is 0. The number of morpholine rings is 1. The van der Waals surface area contributed by atoms with Crippen LogP contribution in [0.1, 0.15) is 17.8 Å². The topological polar surface area (TPSA) is 81.1 Å². The molecule has 25 heavy (non-hydrogen) atoms. The van der Waals surface area contributed by atoms with Gasteiger partial charge in [0.1, 0.15) is 11.6 Å². The normalized spacial score (nSPS) is 16.4. The second-order valence-electron chi connectivity index (χ2n) is 5.54. The molecule has 1 unspecified atom stereocenters. The van der Waals surface area contributed by atoms with Crippen molar-refractivity contribution >= 4 is 30.7 Å². The first-order valence-electron chi connectivity index (χ1n) is 7.76. The summed E-state index contributed by atoms with van der Waals surface area (Å²) in [4.78, 5) is 20.7. The molecule has 1 fully saturated rings. The molecule has 2 N–H and O–H groups in total. The Hall–Kier alpha value is -1.67.